The van der Waals surface area contributed by atoms with E-state index < -0.39 is 42.2 Å². The largest absolute Gasteiger partial charge is 0.465 e. The van der Waals surface area contributed by atoms with Gasteiger partial charge in [-0.3, -0.25) is 24.5 Å². The standard InChI is InChI=1S/C35H42N2O7S/c1-5-42-33(40)28(19-18-24-12-7-6-8-13-24)36-29-22-45-30(27-17-11-15-25-14-9-10-16-26(25)27)20-37(32(29)39)21-31(38)43-23-44-34(41)35(2,3)4/h6-17,28-30,36H,5,18-23H2,1-4H3. The lowest BCUT2D eigenvalue weighted by molar-refractivity contribution is -0.174. The van der Waals surface area contributed by atoms with Crippen molar-refractivity contribution in [3.05, 3.63) is 83.9 Å². The van der Waals surface area contributed by atoms with E-state index >= 15 is 0 Å². The summed E-state index contributed by atoms with van der Waals surface area (Å²) in [5, 5.41) is 5.28. The second kappa shape index (κ2) is 15.9. The fourth-order valence-electron chi connectivity index (χ4n) is 5.11. The first-order chi connectivity index (χ1) is 21.6. The number of carbonyl (C=O) groups excluding carboxylic acids is 4. The molecule has 0 saturated carbocycles. The molecule has 1 amide bonds. The predicted octanol–water partition coefficient (Wildman–Crippen LogP) is 5.07. The quantitative estimate of drug-likeness (QED) is 0.216. The number of amides is 1. The number of rotatable bonds is 12. The lowest BCUT2D eigenvalue weighted by atomic mass is 9.98. The van der Waals surface area contributed by atoms with Crippen LogP contribution in [0.25, 0.3) is 10.8 Å². The lowest BCUT2D eigenvalue weighted by Crippen LogP contribution is -2.54. The molecule has 45 heavy (non-hydrogen) atoms. The third-order valence-electron chi connectivity index (χ3n) is 7.51. The summed E-state index contributed by atoms with van der Waals surface area (Å²) in [7, 11) is 0. The van der Waals surface area contributed by atoms with Gasteiger partial charge in [-0.1, -0.05) is 72.8 Å². The number of aryl methyl sites for hydroxylation is 1. The zero-order valence-corrected chi connectivity index (χ0v) is 27.1. The van der Waals surface area contributed by atoms with Crippen LogP contribution in [-0.4, -0.2) is 73.0 Å². The maximum atomic E-state index is 14.0. The minimum absolute atomic E-state index is 0.149. The highest BCUT2D eigenvalue weighted by atomic mass is 32.2. The van der Waals surface area contributed by atoms with Crippen molar-refractivity contribution in [2.45, 2.75) is 57.9 Å². The second-order valence-electron chi connectivity index (χ2n) is 12.0. The monoisotopic (exact) mass is 634 g/mol. The van der Waals surface area contributed by atoms with Gasteiger partial charge in [0.05, 0.1) is 18.1 Å². The Morgan fingerprint density at radius 3 is 2.40 bits per heavy atom. The van der Waals surface area contributed by atoms with Gasteiger partial charge in [0, 0.05) is 17.5 Å². The van der Waals surface area contributed by atoms with Crippen molar-refractivity contribution < 1.29 is 33.4 Å². The molecule has 0 aliphatic carbocycles. The van der Waals surface area contributed by atoms with Gasteiger partial charge < -0.3 is 19.1 Å². The van der Waals surface area contributed by atoms with Gasteiger partial charge in [0.15, 0.2) is 0 Å². The minimum Gasteiger partial charge on any atom is -0.465 e. The number of hydrogen-bond donors (Lipinski definition) is 1. The molecule has 1 N–H and O–H groups in total. The molecule has 1 aliphatic heterocycles. The van der Waals surface area contributed by atoms with Crippen molar-refractivity contribution in [3.8, 4) is 0 Å². The topological polar surface area (TPSA) is 111 Å². The molecule has 3 atom stereocenters. The average Bonchev–Trinajstić information content (AvgIpc) is 3.17. The molecule has 0 aromatic heterocycles. The Bertz CT molecular complexity index is 1470. The van der Waals surface area contributed by atoms with Crippen molar-refractivity contribution in [3.63, 3.8) is 0 Å². The van der Waals surface area contributed by atoms with E-state index in [1.54, 1.807) is 39.5 Å². The molecule has 1 saturated heterocycles. The van der Waals surface area contributed by atoms with Gasteiger partial charge >= 0.3 is 17.9 Å². The number of ether oxygens (including phenoxy) is 3. The smallest absolute Gasteiger partial charge is 0.328 e. The molecule has 0 radical (unpaired) electrons. The summed E-state index contributed by atoms with van der Waals surface area (Å²) in [6.07, 6.45) is 1.05. The summed E-state index contributed by atoms with van der Waals surface area (Å²) in [6.45, 7) is 6.46. The Kier molecular flexibility index (Phi) is 12.0. The molecular weight excluding hydrogens is 592 g/mol. The number of benzene rings is 3. The van der Waals surface area contributed by atoms with E-state index in [0.717, 1.165) is 21.9 Å². The van der Waals surface area contributed by atoms with Crippen molar-refractivity contribution in [2.75, 3.05) is 32.2 Å². The summed E-state index contributed by atoms with van der Waals surface area (Å²) in [5.74, 6) is -1.56. The maximum Gasteiger partial charge on any atom is 0.328 e. The highest BCUT2D eigenvalue weighted by Gasteiger charge is 2.36. The molecule has 1 aliphatic rings. The van der Waals surface area contributed by atoms with Gasteiger partial charge in [-0.15, -0.1) is 11.8 Å². The third kappa shape index (κ3) is 9.55. The number of nitrogens with one attached hydrogen (secondary N) is 1. The Morgan fingerprint density at radius 1 is 0.956 bits per heavy atom. The first-order valence-electron chi connectivity index (χ1n) is 15.2. The maximum absolute atomic E-state index is 14.0. The first-order valence-corrected chi connectivity index (χ1v) is 16.3. The Morgan fingerprint density at radius 2 is 1.67 bits per heavy atom. The summed E-state index contributed by atoms with van der Waals surface area (Å²) >= 11 is 1.60. The van der Waals surface area contributed by atoms with Gasteiger partial charge in [-0.25, -0.2) is 0 Å². The Labute approximate surface area is 269 Å². The molecule has 9 nitrogen and oxygen atoms in total. The van der Waals surface area contributed by atoms with Crippen LogP contribution >= 0.6 is 11.8 Å². The number of hydrogen-bond acceptors (Lipinski definition) is 9. The van der Waals surface area contributed by atoms with Crippen molar-refractivity contribution >= 4 is 46.3 Å². The fourth-order valence-corrected chi connectivity index (χ4v) is 6.44. The Hall–Kier alpha value is -3.89. The van der Waals surface area contributed by atoms with Gasteiger partial charge in [0.2, 0.25) is 12.7 Å². The van der Waals surface area contributed by atoms with Crippen LogP contribution in [0, 0.1) is 5.41 Å². The number of esters is 3. The highest BCUT2D eigenvalue weighted by molar-refractivity contribution is 7.99. The van der Waals surface area contributed by atoms with E-state index in [0.29, 0.717) is 18.6 Å². The Balaban J connectivity index is 1.55. The SMILES string of the molecule is CCOC(=O)C(CCc1ccccc1)NC1CSC(c2cccc3ccccc23)CN(CC(=O)OCOC(=O)C(C)(C)C)C1=O. The molecule has 1 fully saturated rings. The van der Waals surface area contributed by atoms with Crippen LogP contribution in [0.5, 0.6) is 0 Å². The van der Waals surface area contributed by atoms with E-state index in [2.05, 4.69) is 11.4 Å². The normalized spacial score (nSPS) is 17.8. The summed E-state index contributed by atoms with van der Waals surface area (Å²) in [6, 6.07) is 22.5. The number of nitrogens with zero attached hydrogens (tertiary/aromatic N) is 1. The molecule has 4 rings (SSSR count). The van der Waals surface area contributed by atoms with Crippen LogP contribution in [0.3, 0.4) is 0 Å². The van der Waals surface area contributed by atoms with Crippen LogP contribution in [0.1, 0.15) is 50.5 Å². The van der Waals surface area contributed by atoms with Crippen LogP contribution in [0.15, 0.2) is 72.8 Å². The molecular formula is C35H42N2O7S. The van der Waals surface area contributed by atoms with Crippen molar-refractivity contribution in [2.24, 2.45) is 5.41 Å². The number of carbonyl (C=O) groups is 4. The zero-order valence-electron chi connectivity index (χ0n) is 26.3. The first kappa shape index (κ1) is 34.0. The van der Waals surface area contributed by atoms with Gasteiger partial charge in [-0.2, -0.15) is 0 Å². The van der Waals surface area contributed by atoms with Crippen LogP contribution in [-0.2, 0) is 39.8 Å². The second-order valence-corrected chi connectivity index (χ2v) is 13.2. The van der Waals surface area contributed by atoms with Gasteiger partial charge in [0.25, 0.3) is 0 Å². The van der Waals surface area contributed by atoms with Crippen LogP contribution in [0.4, 0.5) is 0 Å². The van der Waals surface area contributed by atoms with E-state index in [1.807, 2.05) is 66.7 Å². The van der Waals surface area contributed by atoms with E-state index in [1.165, 1.54) is 4.90 Å². The van der Waals surface area contributed by atoms with Gasteiger partial charge in [-0.05, 0) is 62.4 Å². The molecule has 3 unspecified atom stereocenters. The molecule has 0 spiro atoms. The molecule has 0 bridgehead atoms. The number of thioether (sulfide) groups is 1. The van der Waals surface area contributed by atoms with Crippen molar-refractivity contribution in [1.29, 1.82) is 0 Å². The molecule has 1 heterocycles. The highest BCUT2D eigenvalue weighted by Crippen LogP contribution is 2.37. The van der Waals surface area contributed by atoms with E-state index in [4.69, 9.17) is 14.2 Å². The predicted molar refractivity (Wildman–Crippen MR) is 174 cm³/mol. The van der Waals surface area contributed by atoms with Crippen LogP contribution < -0.4 is 5.32 Å². The van der Waals surface area contributed by atoms with E-state index in [-0.39, 0.29) is 30.9 Å². The summed E-state index contributed by atoms with van der Waals surface area (Å²) in [5.41, 5.74) is 1.38. The van der Waals surface area contributed by atoms with E-state index in [9.17, 15) is 19.2 Å². The third-order valence-corrected chi connectivity index (χ3v) is 8.84. The lowest BCUT2D eigenvalue weighted by Gasteiger charge is -2.27. The fraction of sp³-hybridized carbons (Fsp3) is 0.429. The molecule has 10 heteroatoms. The average molecular weight is 635 g/mol. The molecule has 3 aromatic rings. The molecule has 240 valence electrons. The zero-order chi connectivity index (χ0) is 32.4. The summed E-state index contributed by atoms with van der Waals surface area (Å²) < 4.78 is 15.7. The van der Waals surface area contributed by atoms with Crippen molar-refractivity contribution in [1.82, 2.24) is 10.2 Å². The number of fused-ring (bicyclic) bond motifs is 1. The van der Waals surface area contributed by atoms with Gasteiger partial charge in [0.1, 0.15) is 12.6 Å². The van der Waals surface area contributed by atoms with Crippen LogP contribution in [0.2, 0.25) is 0 Å². The minimum atomic E-state index is -0.758. The molecule has 3 aromatic carbocycles. The summed E-state index contributed by atoms with van der Waals surface area (Å²) in [4.78, 5) is 53.6.